The summed E-state index contributed by atoms with van der Waals surface area (Å²) in [5, 5.41) is 7.25. The number of aryl methyl sites for hydroxylation is 4. The molecule has 0 radical (unpaired) electrons. The summed E-state index contributed by atoms with van der Waals surface area (Å²) in [4.78, 5) is 2.76. The molecule has 2 aromatic heterocycles. The lowest BCUT2D eigenvalue weighted by molar-refractivity contribution is 0.770. The molecule has 50 heavy (non-hydrogen) atoms. The third kappa shape index (κ3) is 3.81. The third-order valence-electron chi connectivity index (χ3n) is 11.5. The van der Waals surface area contributed by atoms with Crippen molar-refractivity contribution in [3.8, 4) is 20.9 Å². The zero-order valence-corrected chi connectivity index (χ0v) is 30.3. The Balaban J connectivity index is 1.38. The molecule has 0 saturated carbocycles. The van der Waals surface area contributed by atoms with Gasteiger partial charge in [-0.3, -0.25) is 0 Å². The molecule has 2 heterocycles. The van der Waals surface area contributed by atoms with Crippen LogP contribution in [-0.4, -0.2) is 0 Å². The molecule has 0 unspecified atom stereocenters. The second-order valence-electron chi connectivity index (χ2n) is 14.4. The van der Waals surface area contributed by atoms with Gasteiger partial charge in [0.05, 0.1) is 10.8 Å². The lowest BCUT2D eigenvalue weighted by Gasteiger charge is -2.36. The van der Waals surface area contributed by atoms with Gasteiger partial charge in [0.1, 0.15) is 0 Å². The molecule has 2 aliphatic rings. The van der Waals surface area contributed by atoms with Crippen molar-refractivity contribution in [3.05, 3.63) is 211 Å². The number of hydrogen-bond acceptors (Lipinski definition) is 2. The van der Waals surface area contributed by atoms with Gasteiger partial charge in [-0.25, -0.2) is 0 Å². The number of fused-ring (bicyclic) bond motifs is 9. The molecule has 6 aromatic carbocycles. The zero-order valence-electron chi connectivity index (χ0n) is 28.7. The molecule has 0 N–H and O–H groups in total. The largest absolute Gasteiger partial charge is 0.143 e. The maximum atomic E-state index is 2.45. The number of rotatable bonds is 4. The molecule has 0 aliphatic heterocycles. The fraction of sp³-hybridized carbons (Fsp3) is 0.125. The standard InChI is InChI=1S/C48H36S2/c1-29-5-13-33(14-6-29)47(34-15-7-30(2)8-16-34)41-25-27-49-45(41)39-23-22-38-37(43(39)47)21-24-40-44(38)48(42-26-28-50-46(40)42,35-17-9-31(3)10-18-35)36-19-11-32(4)12-20-36/h5-28H,1-4H3. The highest BCUT2D eigenvalue weighted by molar-refractivity contribution is 7.14. The highest BCUT2D eigenvalue weighted by Crippen LogP contribution is 2.63. The molecule has 10 rings (SSSR count). The van der Waals surface area contributed by atoms with Crippen LogP contribution in [0.25, 0.3) is 31.7 Å². The van der Waals surface area contributed by atoms with E-state index in [4.69, 9.17) is 0 Å². The van der Waals surface area contributed by atoms with Gasteiger partial charge in [0, 0.05) is 9.75 Å². The van der Waals surface area contributed by atoms with Crippen LogP contribution in [0.5, 0.6) is 0 Å². The first kappa shape index (κ1) is 29.9. The van der Waals surface area contributed by atoms with Crippen LogP contribution >= 0.6 is 22.7 Å². The van der Waals surface area contributed by atoms with Crippen LogP contribution < -0.4 is 0 Å². The summed E-state index contributed by atoms with van der Waals surface area (Å²) in [5.74, 6) is 0. The van der Waals surface area contributed by atoms with Crippen LogP contribution in [0.4, 0.5) is 0 Å². The maximum Gasteiger partial charge on any atom is 0.0728 e. The Morgan fingerprint density at radius 3 is 0.940 bits per heavy atom. The van der Waals surface area contributed by atoms with Crippen LogP contribution in [0.3, 0.4) is 0 Å². The van der Waals surface area contributed by atoms with Crippen LogP contribution in [-0.2, 0) is 10.8 Å². The number of thiophene rings is 2. The molecule has 0 atom stereocenters. The molecule has 0 spiro atoms. The van der Waals surface area contributed by atoms with Crippen molar-refractivity contribution in [2.45, 2.75) is 38.5 Å². The zero-order chi connectivity index (χ0) is 33.8. The summed E-state index contributed by atoms with van der Waals surface area (Å²) in [6.45, 7) is 8.75. The van der Waals surface area contributed by atoms with Gasteiger partial charge in [0.15, 0.2) is 0 Å². The highest BCUT2D eigenvalue weighted by atomic mass is 32.1. The van der Waals surface area contributed by atoms with E-state index in [-0.39, 0.29) is 0 Å². The minimum absolute atomic E-state index is 0.445. The molecule has 0 nitrogen and oxygen atoms in total. The van der Waals surface area contributed by atoms with E-state index >= 15 is 0 Å². The molecule has 0 amide bonds. The van der Waals surface area contributed by atoms with Crippen molar-refractivity contribution in [1.29, 1.82) is 0 Å². The number of benzene rings is 6. The molecule has 0 fully saturated rings. The predicted molar refractivity (Wildman–Crippen MR) is 213 cm³/mol. The number of hydrogen-bond donors (Lipinski definition) is 0. The van der Waals surface area contributed by atoms with Crippen LogP contribution in [0.15, 0.2) is 144 Å². The maximum absolute atomic E-state index is 2.45. The molecule has 2 aliphatic carbocycles. The second kappa shape index (κ2) is 10.7. The van der Waals surface area contributed by atoms with E-state index in [9.17, 15) is 0 Å². The van der Waals surface area contributed by atoms with Gasteiger partial charge in [-0.15, -0.1) is 22.7 Å². The van der Waals surface area contributed by atoms with E-state index in [0.29, 0.717) is 0 Å². The van der Waals surface area contributed by atoms with Gasteiger partial charge in [-0.1, -0.05) is 144 Å². The quantitative estimate of drug-likeness (QED) is 0.174. The first-order valence-electron chi connectivity index (χ1n) is 17.5. The van der Waals surface area contributed by atoms with Crippen LogP contribution in [0.1, 0.15) is 66.8 Å². The summed E-state index contributed by atoms with van der Waals surface area (Å²) < 4.78 is 0. The smallest absolute Gasteiger partial charge is 0.0728 e. The first-order valence-corrected chi connectivity index (χ1v) is 19.2. The minimum Gasteiger partial charge on any atom is -0.143 e. The SMILES string of the molecule is Cc1ccc(C2(c3ccc(C)cc3)c3ccsc3-c3ccc4c5c(ccc4c32)-c2sccc2C5(c2ccc(C)cc2)c2ccc(C)cc2)cc1. The Hall–Kier alpha value is -5.02. The van der Waals surface area contributed by atoms with Gasteiger partial charge in [-0.05, 0) is 117 Å². The molecular formula is C48H36S2. The van der Waals surface area contributed by atoms with Crippen molar-refractivity contribution >= 4 is 33.4 Å². The van der Waals surface area contributed by atoms with Gasteiger partial charge < -0.3 is 0 Å². The van der Waals surface area contributed by atoms with Crippen molar-refractivity contribution < 1.29 is 0 Å². The van der Waals surface area contributed by atoms with E-state index in [0.717, 1.165) is 0 Å². The lowest BCUT2D eigenvalue weighted by atomic mass is 9.64. The third-order valence-corrected chi connectivity index (χ3v) is 13.4. The first-order chi connectivity index (χ1) is 24.4. The van der Waals surface area contributed by atoms with E-state index in [2.05, 4.69) is 172 Å². The molecule has 240 valence electrons. The fourth-order valence-corrected chi connectivity index (χ4v) is 11.2. The van der Waals surface area contributed by atoms with Crippen LogP contribution in [0.2, 0.25) is 0 Å². The summed E-state index contributed by atoms with van der Waals surface area (Å²) in [6.07, 6.45) is 0. The normalized spacial score (nSPS) is 14.7. The molecule has 0 saturated heterocycles. The molecular weight excluding hydrogens is 641 g/mol. The summed E-state index contributed by atoms with van der Waals surface area (Å²) in [7, 11) is 0. The van der Waals surface area contributed by atoms with E-state index in [1.165, 1.54) is 98.4 Å². The minimum atomic E-state index is -0.445. The molecule has 8 aromatic rings. The Labute approximate surface area is 302 Å². The van der Waals surface area contributed by atoms with Gasteiger partial charge in [0.2, 0.25) is 0 Å². The van der Waals surface area contributed by atoms with Crippen LogP contribution in [0, 0.1) is 27.7 Å². The lowest BCUT2D eigenvalue weighted by Crippen LogP contribution is -2.30. The van der Waals surface area contributed by atoms with E-state index < -0.39 is 10.8 Å². The average Bonchev–Trinajstić information content (AvgIpc) is 3.92. The second-order valence-corrected chi connectivity index (χ2v) is 16.2. The molecule has 0 bridgehead atoms. The Morgan fingerprint density at radius 2 is 0.640 bits per heavy atom. The summed E-state index contributed by atoms with van der Waals surface area (Å²) >= 11 is 3.75. The summed E-state index contributed by atoms with van der Waals surface area (Å²) in [6, 6.07) is 51.8. The van der Waals surface area contributed by atoms with Crippen molar-refractivity contribution in [2.75, 3.05) is 0 Å². The Bertz CT molecular complexity index is 2320. The van der Waals surface area contributed by atoms with Gasteiger partial charge in [-0.2, -0.15) is 0 Å². The van der Waals surface area contributed by atoms with E-state index in [1.54, 1.807) is 0 Å². The Kier molecular flexibility index (Phi) is 6.41. The van der Waals surface area contributed by atoms with Gasteiger partial charge >= 0.3 is 0 Å². The van der Waals surface area contributed by atoms with Crippen molar-refractivity contribution in [3.63, 3.8) is 0 Å². The Morgan fingerprint density at radius 1 is 0.340 bits per heavy atom. The summed E-state index contributed by atoms with van der Waals surface area (Å²) in [5.41, 5.74) is 17.8. The molecule has 2 heteroatoms. The monoisotopic (exact) mass is 676 g/mol. The predicted octanol–water partition coefficient (Wildman–Crippen LogP) is 12.9. The highest BCUT2D eigenvalue weighted by Gasteiger charge is 2.51. The topological polar surface area (TPSA) is 0 Å². The van der Waals surface area contributed by atoms with Crippen molar-refractivity contribution in [2.24, 2.45) is 0 Å². The van der Waals surface area contributed by atoms with Gasteiger partial charge in [0.25, 0.3) is 0 Å². The van der Waals surface area contributed by atoms with E-state index in [1.807, 2.05) is 22.7 Å². The fourth-order valence-electron chi connectivity index (χ4n) is 9.23. The van der Waals surface area contributed by atoms with Crippen molar-refractivity contribution in [1.82, 2.24) is 0 Å². The average molecular weight is 677 g/mol.